The number of amides is 1. The van der Waals surface area contributed by atoms with Crippen LogP contribution in [0.15, 0.2) is 24.3 Å². The Morgan fingerprint density at radius 3 is 2.52 bits per heavy atom. The molecule has 1 N–H and O–H groups in total. The minimum absolute atomic E-state index is 0.168. The molecule has 0 radical (unpaired) electrons. The minimum atomic E-state index is -4.56. The van der Waals surface area contributed by atoms with Gasteiger partial charge in [0.15, 0.2) is 0 Å². The van der Waals surface area contributed by atoms with Gasteiger partial charge in [-0.3, -0.25) is 4.79 Å². The molecule has 1 aromatic heterocycles. The summed E-state index contributed by atoms with van der Waals surface area (Å²) in [4.78, 5) is 22.7. The standard InChI is InChI=1S/C18H18ClF3N4O/c1-11-23-15(17(27)26-7-3-2-4-8-26)10-16(24-11)25-12-5-6-14(19)13(9-12)18(20,21)22/h5-6,9-10H,2-4,7-8H2,1H3,(H,23,24,25). The molecule has 3 rings (SSSR count). The van der Waals surface area contributed by atoms with Gasteiger partial charge in [-0.25, -0.2) is 9.97 Å². The zero-order valence-corrected chi connectivity index (χ0v) is 15.4. The highest BCUT2D eigenvalue weighted by Crippen LogP contribution is 2.36. The van der Waals surface area contributed by atoms with Crippen LogP contribution in [0.4, 0.5) is 24.7 Å². The Hall–Kier alpha value is -2.35. The number of aromatic nitrogens is 2. The van der Waals surface area contributed by atoms with Gasteiger partial charge in [-0.1, -0.05) is 11.6 Å². The summed E-state index contributed by atoms with van der Waals surface area (Å²) in [5, 5.41) is 2.42. The maximum atomic E-state index is 13.0. The molecule has 1 fully saturated rings. The molecule has 27 heavy (non-hydrogen) atoms. The predicted molar refractivity (Wildman–Crippen MR) is 96.3 cm³/mol. The third-order valence-electron chi connectivity index (χ3n) is 4.24. The van der Waals surface area contributed by atoms with Crippen molar-refractivity contribution in [3.8, 4) is 0 Å². The molecule has 1 aromatic carbocycles. The van der Waals surface area contributed by atoms with Crippen molar-refractivity contribution >= 4 is 29.0 Å². The lowest BCUT2D eigenvalue weighted by Crippen LogP contribution is -2.36. The smallest absolute Gasteiger partial charge is 0.340 e. The lowest BCUT2D eigenvalue weighted by molar-refractivity contribution is -0.137. The Balaban J connectivity index is 1.86. The Morgan fingerprint density at radius 1 is 1.15 bits per heavy atom. The molecule has 0 atom stereocenters. The fraction of sp³-hybridized carbons (Fsp3) is 0.389. The topological polar surface area (TPSA) is 58.1 Å². The molecule has 0 bridgehead atoms. The number of benzene rings is 1. The summed E-state index contributed by atoms with van der Waals surface area (Å²) in [6.45, 7) is 2.98. The van der Waals surface area contributed by atoms with Crippen molar-refractivity contribution in [2.45, 2.75) is 32.4 Å². The van der Waals surface area contributed by atoms with E-state index in [2.05, 4.69) is 15.3 Å². The maximum Gasteiger partial charge on any atom is 0.417 e. The van der Waals surface area contributed by atoms with Crippen LogP contribution < -0.4 is 5.32 Å². The van der Waals surface area contributed by atoms with Crippen molar-refractivity contribution < 1.29 is 18.0 Å². The first kappa shape index (κ1) is 19.4. The van der Waals surface area contributed by atoms with Crippen molar-refractivity contribution in [3.05, 3.63) is 46.4 Å². The number of hydrogen-bond donors (Lipinski definition) is 1. The summed E-state index contributed by atoms with van der Waals surface area (Å²) < 4.78 is 39.1. The number of alkyl halides is 3. The second kappa shape index (κ2) is 7.72. The summed E-state index contributed by atoms with van der Waals surface area (Å²) in [5.41, 5.74) is -0.553. The lowest BCUT2D eigenvalue weighted by atomic mass is 10.1. The second-order valence-electron chi connectivity index (χ2n) is 6.36. The van der Waals surface area contributed by atoms with E-state index in [9.17, 15) is 18.0 Å². The van der Waals surface area contributed by atoms with Crippen molar-refractivity contribution in [2.75, 3.05) is 18.4 Å². The Labute approximate surface area is 159 Å². The lowest BCUT2D eigenvalue weighted by Gasteiger charge is -2.26. The number of halogens is 4. The van der Waals surface area contributed by atoms with E-state index in [0.29, 0.717) is 18.9 Å². The molecule has 0 saturated carbocycles. The number of nitrogens with one attached hydrogen (secondary N) is 1. The fourth-order valence-corrected chi connectivity index (χ4v) is 3.19. The molecule has 9 heteroatoms. The third-order valence-corrected chi connectivity index (χ3v) is 4.57. The van der Waals surface area contributed by atoms with Crippen molar-refractivity contribution in [1.29, 1.82) is 0 Å². The molecule has 0 spiro atoms. The third kappa shape index (κ3) is 4.68. The Bertz CT molecular complexity index is 851. The monoisotopic (exact) mass is 398 g/mol. The van der Waals surface area contributed by atoms with Crippen LogP contribution in [-0.4, -0.2) is 33.9 Å². The number of likely N-dealkylation sites (tertiary alicyclic amines) is 1. The second-order valence-corrected chi connectivity index (χ2v) is 6.76. The van der Waals surface area contributed by atoms with Crippen LogP contribution >= 0.6 is 11.6 Å². The van der Waals surface area contributed by atoms with Crippen molar-refractivity contribution in [3.63, 3.8) is 0 Å². The van der Waals surface area contributed by atoms with Crippen LogP contribution in [0.2, 0.25) is 5.02 Å². The van der Waals surface area contributed by atoms with E-state index < -0.39 is 11.7 Å². The van der Waals surface area contributed by atoms with Gasteiger partial charge in [0.25, 0.3) is 5.91 Å². The highest BCUT2D eigenvalue weighted by atomic mass is 35.5. The quantitative estimate of drug-likeness (QED) is 0.804. The molecule has 2 aromatic rings. The summed E-state index contributed by atoms with van der Waals surface area (Å²) in [7, 11) is 0. The summed E-state index contributed by atoms with van der Waals surface area (Å²) >= 11 is 5.64. The molecular formula is C18H18ClF3N4O. The highest BCUT2D eigenvalue weighted by Gasteiger charge is 2.33. The van der Waals surface area contributed by atoms with Gasteiger partial charge in [0.2, 0.25) is 0 Å². The van der Waals surface area contributed by atoms with Crippen LogP contribution in [0.3, 0.4) is 0 Å². The minimum Gasteiger partial charge on any atom is -0.340 e. The number of carbonyl (C=O) groups is 1. The number of piperidine rings is 1. The van der Waals surface area contributed by atoms with Gasteiger partial charge >= 0.3 is 6.18 Å². The largest absolute Gasteiger partial charge is 0.417 e. The number of anilines is 2. The summed E-state index contributed by atoms with van der Waals surface area (Å²) in [6.07, 6.45) is -1.57. The van der Waals surface area contributed by atoms with Gasteiger partial charge in [0.05, 0.1) is 10.6 Å². The van der Waals surface area contributed by atoms with E-state index in [-0.39, 0.29) is 28.1 Å². The number of carbonyl (C=O) groups excluding carboxylic acids is 1. The fourth-order valence-electron chi connectivity index (χ4n) is 2.97. The molecule has 144 valence electrons. The van der Waals surface area contributed by atoms with Crippen LogP contribution in [-0.2, 0) is 6.18 Å². The molecule has 0 unspecified atom stereocenters. The number of rotatable bonds is 3. The highest BCUT2D eigenvalue weighted by molar-refractivity contribution is 6.31. The van der Waals surface area contributed by atoms with Crippen LogP contribution in [0.1, 0.15) is 41.1 Å². The summed E-state index contributed by atoms with van der Waals surface area (Å²) in [5.74, 6) is 0.402. The van der Waals surface area contributed by atoms with E-state index in [0.717, 1.165) is 25.3 Å². The number of nitrogens with zero attached hydrogens (tertiary/aromatic N) is 3. The van der Waals surface area contributed by atoms with E-state index in [1.54, 1.807) is 11.8 Å². The van der Waals surface area contributed by atoms with Crippen LogP contribution in [0.5, 0.6) is 0 Å². The molecule has 0 aliphatic carbocycles. The van der Waals surface area contributed by atoms with Crippen molar-refractivity contribution in [1.82, 2.24) is 14.9 Å². The molecule has 2 heterocycles. The van der Waals surface area contributed by atoms with Gasteiger partial charge in [-0.2, -0.15) is 13.2 Å². The first-order valence-corrected chi connectivity index (χ1v) is 8.90. The van der Waals surface area contributed by atoms with Gasteiger partial charge in [-0.15, -0.1) is 0 Å². The maximum absolute atomic E-state index is 13.0. The van der Waals surface area contributed by atoms with Gasteiger partial charge in [-0.05, 0) is 44.4 Å². The van der Waals surface area contributed by atoms with E-state index in [4.69, 9.17) is 11.6 Å². The predicted octanol–water partition coefficient (Wildman–Crippen LogP) is 4.83. The number of aryl methyl sites for hydroxylation is 1. The van der Waals surface area contributed by atoms with Gasteiger partial charge in [0.1, 0.15) is 17.3 Å². The SMILES string of the molecule is Cc1nc(Nc2ccc(Cl)c(C(F)(F)F)c2)cc(C(=O)N2CCCCC2)n1. The molecule has 1 aliphatic rings. The number of hydrogen-bond acceptors (Lipinski definition) is 4. The molecular weight excluding hydrogens is 381 g/mol. The van der Waals surface area contributed by atoms with E-state index >= 15 is 0 Å². The Morgan fingerprint density at radius 2 is 1.85 bits per heavy atom. The first-order chi connectivity index (χ1) is 12.7. The van der Waals surface area contributed by atoms with Gasteiger partial charge in [0, 0.05) is 24.8 Å². The summed E-state index contributed by atoms with van der Waals surface area (Å²) in [6, 6.07) is 4.94. The van der Waals surface area contributed by atoms with Crippen LogP contribution in [0.25, 0.3) is 0 Å². The molecule has 5 nitrogen and oxygen atoms in total. The van der Waals surface area contributed by atoms with E-state index in [1.165, 1.54) is 18.2 Å². The molecule has 1 saturated heterocycles. The molecule has 1 amide bonds. The van der Waals surface area contributed by atoms with E-state index in [1.807, 2.05) is 0 Å². The zero-order chi connectivity index (χ0) is 19.6. The van der Waals surface area contributed by atoms with Gasteiger partial charge < -0.3 is 10.2 Å². The first-order valence-electron chi connectivity index (χ1n) is 8.53. The van der Waals surface area contributed by atoms with Crippen molar-refractivity contribution in [2.24, 2.45) is 0 Å². The average Bonchev–Trinajstić information content (AvgIpc) is 2.62. The molecule has 1 aliphatic heterocycles. The normalized spacial score (nSPS) is 14.9. The average molecular weight is 399 g/mol. The van der Waals surface area contributed by atoms with Crippen LogP contribution in [0, 0.1) is 6.92 Å². The Kier molecular flexibility index (Phi) is 5.55. The zero-order valence-electron chi connectivity index (χ0n) is 14.6.